The molecule has 0 aromatic heterocycles. The second kappa shape index (κ2) is 8.39. The summed E-state index contributed by atoms with van der Waals surface area (Å²) in [4.78, 5) is 38.9. The van der Waals surface area contributed by atoms with Crippen molar-refractivity contribution >= 4 is 29.3 Å². The third-order valence-electron chi connectivity index (χ3n) is 5.23. The molecular formula is C19H26N4O4. The highest BCUT2D eigenvalue weighted by Gasteiger charge is 2.34. The molecule has 1 aliphatic carbocycles. The molecular weight excluding hydrogens is 348 g/mol. The molecule has 1 aliphatic heterocycles. The molecule has 0 spiro atoms. The third-order valence-corrected chi connectivity index (χ3v) is 5.23. The Labute approximate surface area is 158 Å². The second-order valence-electron chi connectivity index (χ2n) is 7.04. The molecule has 1 aromatic carbocycles. The lowest BCUT2D eigenvalue weighted by atomic mass is 9.85. The SMILES string of the molecule is CCN(CC(=O)O)C1CC(NC(=O)Nc2ccccc2N2CCCC2=O)C1. The maximum atomic E-state index is 12.4. The standard InChI is InChI=1S/C19H26N4O4/c1-2-22(12-18(25)26)14-10-13(11-14)20-19(27)21-15-6-3-4-7-16(15)23-9-5-8-17(23)24/h3-4,6-7,13-14H,2,5,8-12H2,1H3,(H,25,26)(H2,20,21,27). The van der Waals surface area contributed by atoms with Crippen LogP contribution >= 0.6 is 0 Å². The van der Waals surface area contributed by atoms with E-state index in [1.54, 1.807) is 11.0 Å². The molecule has 8 nitrogen and oxygen atoms in total. The van der Waals surface area contributed by atoms with Crippen LogP contribution in [0.5, 0.6) is 0 Å². The van der Waals surface area contributed by atoms with E-state index in [1.165, 1.54) is 0 Å². The van der Waals surface area contributed by atoms with Crippen molar-refractivity contribution < 1.29 is 19.5 Å². The van der Waals surface area contributed by atoms with E-state index in [1.807, 2.05) is 30.0 Å². The average molecular weight is 374 g/mol. The van der Waals surface area contributed by atoms with Crippen molar-refractivity contribution in [1.82, 2.24) is 10.2 Å². The number of urea groups is 1. The number of hydrogen-bond donors (Lipinski definition) is 3. The molecule has 1 saturated carbocycles. The van der Waals surface area contributed by atoms with Gasteiger partial charge in [0.15, 0.2) is 0 Å². The molecule has 1 aromatic rings. The quantitative estimate of drug-likeness (QED) is 0.676. The highest BCUT2D eigenvalue weighted by Crippen LogP contribution is 2.30. The van der Waals surface area contributed by atoms with E-state index in [9.17, 15) is 14.4 Å². The molecule has 0 atom stereocenters. The van der Waals surface area contributed by atoms with Crippen molar-refractivity contribution in [2.75, 3.05) is 29.9 Å². The molecule has 1 saturated heterocycles. The summed E-state index contributed by atoms with van der Waals surface area (Å²) in [5.41, 5.74) is 1.34. The predicted octanol–water partition coefficient (Wildman–Crippen LogP) is 1.87. The minimum atomic E-state index is -0.834. The van der Waals surface area contributed by atoms with Gasteiger partial charge in [-0.05, 0) is 37.9 Å². The first-order valence-electron chi connectivity index (χ1n) is 9.40. The molecule has 0 unspecified atom stereocenters. The van der Waals surface area contributed by atoms with Crippen molar-refractivity contribution in [2.45, 2.75) is 44.7 Å². The number of nitrogens with one attached hydrogen (secondary N) is 2. The van der Waals surface area contributed by atoms with Crippen LogP contribution < -0.4 is 15.5 Å². The topological polar surface area (TPSA) is 102 Å². The lowest BCUT2D eigenvalue weighted by molar-refractivity contribution is -0.139. The number of hydrogen-bond acceptors (Lipinski definition) is 4. The van der Waals surface area contributed by atoms with Gasteiger partial charge >= 0.3 is 12.0 Å². The van der Waals surface area contributed by atoms with Gasteiger partial charge in [-0.2, -0.15) is 0 Å². The van der Waals surface area contributed by atoms with Gasteiger partial charge in [0.25, 0.3) is 0 Å². The van der Waals surface area contributed by atoms with E-state index < -0.39 is 5.97 Å². The smallest absolute Gasteiger partial charge is 0.319 e. The number of likely N-dealkylation sites (N-methyl/N-ethyl adjacent to an activating group) is 1. The van der Waals surface area contributed by atoms with Gasteiger partial charge in [-0.25, -0.2) is 4.79 Å². The van der Waals surface area contributed by atoms with Crippen molar-refractivity contribution in [3.63, 3.8) is 0 Å². The normalized spacial score (nSPS) is 21.9. The van der Waals surface area contributed by atoms with Crippen molar-refractivity contribution in [3.05, 3.63) is 24.3 Å². The van der Waals surface area contributed by atoms with E-state index in [4.69, 9.17) is 5.11 Å². The molecule has 146 valence electrons. The van der Waals surface area contributed by atoms with Gasteiger partial charge in [0.05, 0.1) is 17.9 Å². The van der Waals surface area contributed by atoms with Gasteiger partial charge in [0.1, 0.15) is 0 Å². The van der Waals surface area contributed by atoms with Gasteiger partial charge in [0.2, 0.25) is 5.91 Å². The minimum Gasteiger partial charge on any atom is -0.480 e. The third kappa shape index (κ3) is 4.57. The van der Waals surface area contributed by atoms with E-state index in [0.717, 1.165) is 24.9 Å². The first kappa shape index (κ1) is 19.2. The molecule has 2 fully saturated rings. The highest BCUT2D eigenvalue weighted by molar-refractivity contribution is 6.01. The molecule has 1 heterocycles. The zero-order chi connectivity index (χ0) is 19.4. The molecule has 8 heteroatoms. The van der Waals surface area contributed by atoms with Crippen LogP contribution in [0.4, 0.5) is 16.2 Å². The molecule has 3 N–H and O–H groups in total. The first-order valence-corrected chi connectivity index (χ1v) is 9.40. The maximum Gasteiger partial charge on any atom is 0.319 e. The first-order chi connectivity index (χ1) is 13.0. The van der Waals surface area contributed by atoms with Gasteiger partial charge in [-0.15, -0.1) is 0 Å². The summed E-state index contributed by atoms with van der Waals surface area (Å²) in [6.07, 6.45) is 2.84. The van der Waals surface area contributed by atoms with Gasteiger partial charge in [-0.3, -0.25) is 14.5 Å². The zero-order valence-electron chi connectivity index (χ0n) is 15.5. The maximum absolute atomic E-state index is 12.4. The summed E-state index contributed by atoms with van der Waals surface area (Å²) in [5, 5.41) is 14.7. The average Bonchev–Trinajstić information content (AvgIpc) is 3.02. The lowest BCUT2D eigenvalue weighted by Crippen LogP contribution is -2.55. The fourth-order valence-electron chi connectivity index (χ4n) is 3.74. The zero-order valence-corrected chi connectivity index (χ0v) is 15.5. The van der Waals surface area contributed by atoms with E-state index in [0.29, 0.717) is 25.2 Å². The van der Waals surface area contributed by atoms with E-state index >= 15 is 0 Å². The van der Waals surface area contributed by atoms with Crippen molar-refractivity contribution in [3.8, 4) is 0 Å². The van der Waals surface area contributed by atoms with Crippen molar-refractivity contribution in [1.29, 1.82) is 0 Å². The second-order valence-corrected chi connectivity index (χ2v) is 7.04. The predicted molar refractivity (Wildman–Crippen MR) is 102 cm³/mol. The number of rotatable bonds is 7. The lowest BCUT2D eigenvalue weighted by Gasteiger charge is -2.42. The molecule has 0 radical (unpaired) electrons. The Hall–Kier alpha value is -2.61. The molecule has 3 amide bonds. The largest absolute Gasteiger partial charge is 0.480 e. The van der Waals surface area contributed by atoms with Gasteiger partial charge < -0.3 is 20.6 Å². The Morgan fingerprint density at radius 2 is 2.04 bits per heavy atom. The Balaban J connectivity index is 1.53. The van der Waals surface area contributed by atoms with Gasteiger partial charge in [0, 0.05) is 25.0 Å². The summed E-state index contributed by atoms with van der Waals surface area (Å²) in [6, 6.07) is 7.20. The fraction of sp³-hybridized carbons (Fsp3) is 0.526. The fourth-order valence-corrected chi connectivity index (χ4v) is 3.74. The Bertz CT molecular complexity index is 717. The van der Waals surface area contributed by atoms with Crippen LogP contribution in [0, 0.1) is 0 Å². The number of carboxylic acids is 1. The Morgan fingerprint density at radius 3 is 2.67 bits per heavy atom. The monoisotopic (exact) mass is 374 g/mol. The van der Waals surface area contributed by atoms with Crippen LogP contribution in [0.15, 0.2) is 24.3 Å². The van der Waals surface area contributed by atoms with Crippen LogP contribution in [0.25, 0.3) is 0 Å². The highest BCUT2D eigenvalue weighted by atomic mass is 16.4. The number of carbonyl (C=O) groups is 3. The van der Waals surface area contributed by atoms with Crippen molar-refractivity contribution in [2.24, 2.45) is 0 Å². The molecule has 3 rings (SSSR count). The summed E-state index contributed by atoms with van der Waals surface area (Å²) in [5.74, 6) is -0.761. The van der Waals surface area contributed by atoms with Gasteiger partial charge in [-0.1, -0.05) is 19.1 Å². The number of benzene rings is 1. The Morgan fingerprint density at radius 1 is 1.30 bits per heavy atom. The number of nitrogens with zero attached hydrogens (tertiary/aromatic N) is 2. The minimum absolute atomic E-state index is 0.0251. The number of para-hydroxylation sites is 2. The molecule has 2 aliphatic rings. The van der Waals surface area contributed by atoms with E-state index in [-0.39, 0.29) is 30.6 Å². The summed E-state index contributed by atoms with van der Waals surface area (Å²) in [7, 11) is 0. The van der Waals surface area contributed by atoms with E-state index in [2.05, 4.69) is 10.6 Å². The number of aliphatic carboxylic acids is 1. The summed E-state index contributed by atoms with van der Waals surface area (Å²) >= 11 is 0. The Kier molecular flexibility index (Phi) is 5.95. The van der Waals surface area contributed by atoms with Crippen LogP contribution in [0.2, 0.25) is 0 Å². The molecule has 27 heavy (non-hydrogen) atoms. The number of carboxylic acid groups (broad SMARTS) is 1. The van der Waals surface area contributed by atoms with Crippen LogP contribution in [-0.2, 0) is 9.59 Å². The van der Waals surface area contributed by atoms with Crippen LogP contribution in [0.3, 0.4) is 0 Å². The number of anilines is 2. The molecule has 0 bridgehead atoms. The number of amides is 3. The van der Waals surface area contributed by atoms with Crippen LogP contribution in [-0.4, -0.2) is 59.6 Å². The summed E-state index contributed by atoms with van der Waals surface area (Å²) < 4.78 is 0. The number of carbonyl (C=O) groups excluding carboxylic acids is 2. The van der Waals surface area contributed by atoms with Crippen LogP contribution in [0.1, 0.15) is 32.6 Å². The summed E-state index contributed by atoms with van der Waals surface area (Å²) in [6.45, 7) is 3.30.